The van der Waals surface area contributed by atoms with Crippen LogP contribution in [0.4, 0.5) is 5.82 Å². The van der Waals surface area contributed by atoms with Crippen LogP contribution in [0.3, 0.4) is 0 Å². The maximum atomic E-state index is 13.1. The largest absolute Gasteiger partial charge is 0.353 e. The summed E-state index contributed by atoms with van der Waals surface area (Å²) in [5.74, 6) is 0.409. The molecule has 32 heavy (non-hydrogen) atoms. The minimum Gasteiger partial charge on any atom is -0.353 e. The van der Waals surface area contributed by atoms with Gasteiger partial charge < -0.3 is 9.80 Å². The van der Waals surface area contributed by atoms with Gasteiger partial charge in [0.1, 0.15) is 30.3 Å². The van der Waals surface area contributed by atoms with E-state index in [1.54, 1.807) is 53.2 Å². The van der Waals surface area contributed by atoms with Gasteiger partial charge in [-0.25, -0.2) is 15.0 Å². The zero-order valence-electron chi connectivity index (χ0n) is 17.5. The number of aromatic nitrogens is 4. The lowest BCUT2D eigenvalue weighted by Crippen LogP contribution is -2.55. The Kier molecular flexibility index (Phi) is 4.89. The van der Waals surface area contributed by atoms with Gasteiger partial charge in [0.05, 0.1) is 11.1 Å². The molecule has 5 rings (SSSR count). The van der Waals surface area contributed by atoms with Crippen LogP contribution in [-0.2, 0) is 4.79 Å². The Labute approximate surface area is 184 Å². The topological polar surface area (TPSA) is 105 Å². The summed E-state index contributed by atoms with van der Waals surface area (Å²) in [6, 6.07) is 7.67. The van der Waals surface area contributed by atoms with Crippen molar-refractivity contribution >= 4 is 23.5 Å². The van der Waals surface area contributed by atoms with Gasteiger partial charge in [-0.1, -0.05) is 12.1 Å². The average Bonchev–Trinajstić information content (AvgIpc) is 3.46. The van der Waals surface area contributed by atoms with E-state index in [2.05, 4.69) is 19.9 Å². The Hall–Kier alpha value is -4.08. The highest BCUT2D eigenvalue weighted by atomic mass is 16.2. The second kappa shape index (κ2) is 7.88. The van der Waals surface area contributed by atoms with Crippen LogP contribution in [-0.4, -0.2) is 79.3 Å². The third kappa shape index (κ3) is 3.29. The number of carbonyl (C=O) groups is 3. The lowest BCUT2D eigenvalue weighted by Gasteiger charge is -2.37. The summed E-state index contributed by atoms with van der Waals surface area (Å²) in [4.78, 5) is 56.0. The molecule has 4 heterocycles. The van der Waals surface area contributed by atoms with E-state index in [0.29, 0.717) is 43.1 Å². The predicted octanol–water partition coefficient (Wildman–Crippen LogP) is 0.996. The van der Waals surface area contributed by atoms with E-state index in [0.717, 1.165) is 10.7 Å². The standard InChI is InChI=1S/C22H21N7O3/c1-15(29-21(31)16-4-2-3-5-17(16)22(29)32)20(30)27-10-8-26(9-11-27)18-12-19(25-13-24-18)28-7-6-23-14-28/h2-7,12-15H,8-11H2,1H3. The molecule has 3 aromatic rings. The highest BCUT2D eigenvalue weighted by Gasteiger charge is 2.42. The van der Waals surface area contributed by atoms with Crippen molar-refractivity contribution in [3.05, 3.63) is 66.5 Å². The van der Waals surface area contributed by atoms with E-state index in [9.17, 15) is 14.4 Å². The van der Waals surface area contributed by atoms with Crippen LogP contribution >= 0.6 is 0 Å². The number of amides is 3. The first-order chi connectivity index (χ1) is 15.5. The number of imide groups is 1. The van der Waals surface area contributed by atoms with E-state index in [1.807, 2.05) is 12.3 Å². The van der Waals surface area contributed by atoms with Gasteiger partial charge in [-0.15, -0.1) is 0 Å². The number of nitrogens with zero attached hydrogens (tertiary/aromatic N) is 7. The van der Waals surface area contributed by atoms with Crippen LogP contribution in [0.15, 0.2) is 55.4 Å². The van der Waals surface area contributed by atoms with Gasteiger partial charge >= 0.3 is 0 Å². The van der Waals surface area contributed by atoms with Crippen molar-refractivity contribution in [2.45, 2.75) is 13.0 Å². The Balaban J connectivity index is 1.25. The number of benzene rings is 1. The molecular formula is C22H21N7O3. The van der Waals surface area contributed by atoms with E-state index in [-0.39, 0.29) is 5.91 Å². The number of hydrogen-bond acceptors (Lipinski definition) is 7. The lowest BCUT2D eigenvalue weighted by atomic mass is 10.1. The number of fused-ring (bicyclic) bond motifs is 1. The molecular weight excluding hydrogens is 410 g/mol. The van der Waals surface area contributed by atoms with Gasteiger partial charge in [0.2, 0.25) is 5.91 Å². The monoisotopic (exact) mass is 431 g/mol. The molecule has 2 aromatic heterocycles. The fraction of sp³-hybridized carbons (Fsp3) is 0.273. The van der Waals surface area contributed by atoms with Crippen molar-refractivity contribution in [1.29, 1.82) is 0 Å². The molecule has 162 valence electrons. The third-order valence-electron chi connectivity index (χ3n) is 5.89. The Morgan fingerprint density at radius 1 is 0.969 bits per heavy atom. The van der Waals surface area contributed by atoms with Crippen molar-refractivity contribution < 1.29 is 14.4 Å². The van der Waals surface area contributed by atoms with E-state index < -0.39 is 17.9 Å². The molecule has 1 unspecified atom stereocenters. The van der Waals surface area contributed by atoms with Gasteiger partial charge in [0.25, 0.3) is 11.8 Å². The highest BCUT2D eigenvalue weighted by molar-refractivity contribution is 6.22. The van der Waals surface area contributed by atoms with Gasteiger partial charge in [-0.05, 0) is 19.1 Å². The molecule has 0 bridgehead atoms. The van der Waals surface area contributed by atoms with E-state index in [4.69, 9.17) is 0 Å². The minimum atomic E-state index is -0.860. The normalized spacial score (nSPS) is 17.0. The van der Waals surface area contributed by atoms with Crippen molar-refractivity contribution in [2.75, 3.05) is 31.1 Å². The summed E-state index contributed by atoms with van der Waals surface area (Å²) < 4.78 is 1.80. The Bertz CT molecular complexity index is 1150. The van der Waals surface area contributed by atoms with Gasteiger partial charge in [-0.2, -0.15) is 0 Å². The third-order valence-corrected chi connectivity index (χ3v) is 5.89. The number of piperazine rings is 1. The van der Waals surface area contributed by atoms with Crippen molar-refractivity contribution in [1.82, 2.24) is 29.3 Å². The summed E-state index contributed by atoms with van der Waals surface area (Å²) in [6.45, 7) is 3.72. The molecule has 2 aliphatic rings. The molecule has 10 heteroatoms. The maximum Gasteiger partial charge on any atom is 0.262 e. The SMILES string of the molecule is CC(C(=O)N1CCN(c2cc(-n3ccnc3)ncn2)CC1)N1C(=O)c2ccccc2C1=O. The Morgan fingerprint density at radius 3 is 2.25 bits per heavy atom. The summed E-state index contributed by atoms with van der Waals surface area (Å²) >= 11 is 0. The number of imidazole rings is 1. The van der Waals surface area contributed by atoms with Crippen molar-refractivity contribution in [3.63, 3.8) is 0 Å². The number of anilines is 1. The zero-order valence-corrected chi connectivity index (χ0v) is 17.5. The summed E-state index contributed by atoms with van der Waals surface area (Å²) in [5, 5.41) is 0. The first kappa shape index (κ1) is 19.9. The van der Waals surface area contributed by atoms with Crippen LogP contribution in [0.1, 0.15) is 27.6 Å². The smallest absolute Gasteiger partial charge is 0.262 e. The molecule has 0 N–H and O–H groups in total. The highest BCUT2D eigenvalue weighted by Crippen LogP contribution is 2.25. The first-order valence-corrected chi connectivity index (χ1v) is 10.4. The van der Waals surface area contributed by atoms with E-state index >= 15 is 0 Å². The molecule has 3 amide bonds. The zero-order chi connectivity index (χ0) is 22.2. The Morgan fingerprint density at radius 2 is 1.62 bits per heavy atom. The van der Waals surface area contributed by atoms with Crippen LogP contribution in [0.5, 0.6) is 0 Å². The molecule has 0 spiro atoms. The predicted molar refractivity (Wildman–Crippen MR) is 114 cm³/mol. The molecule has 0 aliphatic carbocycles. The fourth-order valence-electron chi connectivity index (χ4n) is 4.14. The maximum absolute atomic E-state index is 13.1. The van der Waals surface area contributed by atoms with Crippen LogP contribution in [0, 0.1) is 0 Å². The minimum absolute atomic E-state index is 0.235. The molecule has 2 aliphatic heterocycles. The van der Waals surface area contributed by atoms with Crippen molar-refractivity contribution in [2.24, 2.45) is 0 Å². The quantitative estimate of drug-likeness (QED) is 0.568. The van der Waals surface area contributed by atoms with Gasteiger partial charge in [0, 0.05) is 44.6 Å². The summed E-state index contributed by atoms with van der Waals surface area (Å²) in [7, 11) is 0. The lowest BCUT2D eigenvalue weighted by molar-refractivity contribution is -0.135. The van der Waals surface area contributed by atoms with Gasteiger partial charge in [-0.3, -0.25) is 23.9 Å². The van der Waals surface area contributed by atoms with Crippen molar-refractivity contribution in [3.8, 4) is 5.82 Å². The number of hydrogen-bond donors (Lipinski definition) is 0. The average molecular weight is 431 g/mol. The summed E-state index contributed by atoms with van der Waals surface area (Å²) in [5.41, 5.74) is 0.693. The number of carbonyl (C=O) groups excluding carboxylic acids is 3. The van der Waals surface area contributed by atoms with Crippen LogP contribution < -0.4 is 4.90 Å². The van der Waals surface area contributed by atoms with Gasteiger partial charge in [0.15, 0.2) is 0 Å². The summed E-state index contributed by atoms with van der Waals surface area (Å²) in [6.07, 6.45) is 6.67. The first-order valence-electron chi connectivity index (χ1n) is 10.4. The van der Waals surface area contributed by atoms with E-state index in [1.165, 1.54) is 6.33 Å². The van der Waals surface area contributed by atoms with Crippen LogP contribution in [0.2, 0.25) is 0 Å². The second-order valence-electron chi connectivity index (χ2n) is 7.72. The number of rotatable bonds is 4. The molecule has 1 saturated heterocycles. The second-order valence-corrected chi connectivity index (χ2v) is 7.72. The van der Waals surface area contributed by atoms with Crippen LogP contribution in [0.25, 0.3) is 5.82 Å². The molecule has 1 aromatic carbocycles. The molecule has 0 saturated carbocycles. The molecule has 0 radical (unpaired) electrons. The molecule has 10 nitrogen and oxygen atoms in total. The molecule has 1 atom stereocenters. The fourth-order valence-corrected chi connectivity index (χ4v) is 4.14. The molecule has 1 fully saturated rings.